The number of ether oxygens (including phenoxy) is 1. The van der Waals surface area contributed by atoms with Crippen LogP contribution in [0, 0.1) is 5.92 Å². The first-order chi connectivity index (χ1) is 13.7. The van der Waals surface area contributed by atoms with Gasteiger partial charge in [-0.3, -0.25) is 9.59 Å². The van der Waals surface area contributed by atoms with Crippen LogP contribution in [0.25, 0.3) is 0 Å². The SMILES string of the molecule is COCCNC(=O)[C@H]1C[C@@H](c2ccccc2)CN(C(=O)Cc2ccccc2)C1. The van der Waals surface area contributed by atoms with Gasteiger partial charge in [0.1, 0.15) is 0 Å². The highest BCUT2D eigenvalue weighted by atomic mass is 16.5. The molecule has 0 radical (unpaired) electrons. The van der Waals surface area contributed by atoms with Gasteiger partial charge in [0.2, 0.25) is 11.8 Å². The fourth-order valence-electron chi connectivity index (χ4n) is 3.76. The first-order valence-electron chi connectivity index (χ1n) is 9.80. The first kappa shape index (κ1) is 20.1. The second-order valence-electron chi connectivity index (χ2n) is 7.29. The summed E-state index contributed by atoms with van der Waals surface area (Å²) in [5, 5.41) is 2.93. The molecule has 1 aliphatic rings. The quantitative estimate of drug-likeness (QED) is 0.752. The van der Waals surface area contributed by atoms with Crippen LogP contribution in [-0.4, -0.2) is 50.1 Å². The molecule has 0 saturated carbocycles. The molecule has 1 heterocycles. The molecular formula is C23H28N2O3. The molecule has 2 aromatic carbocycles. The lowest BCUT2D eigenvalue weighted by molar-refractivity contribution is -0.135. The molecule has 1 saturated heterocycles. The molecule has 0 aliphatic carbocycles. The minimum Gasteiger partial charge on any atom is -0.383 e. The molecule has 0 spiro atoms. The molecule has 5 nitrogen and oxygen atoms in total. The fraction of sp³-hybridized carbons (Fsp3) is 0.391. The smallest absolute Gasteiger partial charge is 0.227 e. The monoisotopic (exact) mass is 380 g/mol. The Bertz CT molecular complexity index is 764. The third-order valence-corrected chi connectivity index (χ3v) is 5.25. The molecule has 3 rings (SSSR count). The number of piperidine rings is 1. The molecule has 1 aliphatic heterocycles. The summed E-state index contributed by atoms with van der Waals surface area (Å²) in [7, 11) is 1.61. The highest BCUT2D eigenvalue weighted by Gasteiger charge is 2.34. The number of hydrogen-bond donors (Lipinski definition) is 1. The highest BCUT2D eigenvalue weighted by Crippen LogP contribution is 2.30. The van der Waals surface area contributed by atoms with Crippen LogP contribution in [0.3, 0.4) is 0 Å². The molecule has 1 fully saturated rings. The van der Waals surface area contributed by atoms with E-state index in [1.807, 2.05) is 53.4 Å². The number of benzene rings is 2. The van der Waals surface area contributed by atoms with Crippen molar-refractivity contribution >= 4 is 11.8 Å². The summed E-state index contributed by atoms with van der Waals surface area (Å²) in [6.07, 6.45) is 1.11. The largest absolute Gasteiger partial charge is 0.383 e. The summed E-state index contributed by atoms with van der Waals surface area (Å²) >= 11 is 0. The summed E-state index contributed by atoms with van der Waals surface area (Å²) in [6.45, 7) is 2.09. The van der Waals surface area contributed by atoms with Crippen molar-refractivity contribution in [3.63, 3.8) is 0 Å². The number of hydrogen-bond acceptors (Lipinski definition) is 3. The molecule has 2 aromatic rings. The van der Waals surface area contributed by atoms with Crippen LogP contribution in [0.4, 0.5) is 0 Å². The number of carbonyl (C=O) groups is 2. The van der Waals surface area contributed by atoms with Gasteiger partial charge in [-0.25, -0.2) is 0 Å². The van der Waals surface area contributed by atoms with Crippen molar-refractivity contribution < 1.29 is 14.3 Å². The van der Waals surface area contributed by atoms with Crippen molar-refractivity contribution in [3.05, 3.63) is 71.8 Å². The van der Waals surface area contributed by atoms with Crippen LogP contribution in [-0.2, 0) is 20.7 Å². The Morgan fingerprint density at radius 1 is 1.04 bits per heavy atom. The molecule has 2 amide bonds. The number of likely N-dealkylation sites (tertiary alicyclic amines) is 1. The van der Waals surface area contributed by atoms with Gasteiger partial charge in [0.15, 0.2) is 0 Å². The molecular weight excluding hydrogens is 352 g/mol. The molecule has 28 heavy (non-hydrogen) atoms. The molecule has 1 N–H and O–H groups in total. The van der Waals surface area contributed by atoms with E-state index in [9.17, 15) is 9.59 Å². The van der Waals surface area contributed by atoms with E-state index >= 15 is 0 Å². The number of rotatable bonds is 7. The molecule has 2 atom stereocenters. The molecule has 148 valence electrons. The Labute approximate surface area is 166 Å². The van der Waals surface area contributed by atoms with Crippen LogP contribution in [0.5, 0.6) is 0 Å². The Hall–Kier alpha value is -2.66. The van der Waals surface area contributed by atoms with Crippen LogP contribution in [0.1, 0.15) is 23.5 Å². The lowest BCUT2D eigenvalue weighted by Gasteiger charge is -2.37. The van der Waals surface area contributed by atoms with E-state index in [1.165, 1.54) is 5.56 Å². The summed E-state index contributed by atoms with van der Waals surface area (Å²) in [5.74, 6) is 0.0140. The Morgan fingerprint density at radius 3 is 2.39 bits per heavy atom. The maximum Gasteiger partial charge on any atom is 0.227 e. The average Bonchev–Trinajstić information content (AvgIpc) is 2.75. The van der Waals surface area contributed by atoms with Crippen LogP contribution in [0.2, 0.25) is 0 Å². The van der Waals surface area contributed by atoms with Gasteiger partial charge in [0.05, 0.1) is 18.9 Å². The highest BCUT2D eigenvalue weighted by molar-refractivity contribution is 5.82. The number of nitrogens with zero attached hydrogens (tertiary/aromatic N) is 1. The van der Waals surface area contributed by atoms with E-state index < -0.39 is 0 Å². The Balaban J connectivity index is 1.72. The summed E-state index contributed by atoms with van der Waals surface area (Å²) < 4.78 is 5.02. The minimum atomic E-state index is -0.212. The zero-order chi connectivity index (χ0) is 19.8. The van der Waals surface area contributed by atoms with Gasteiger partial charge in [-0.15, -0.1) is 0 Å². The van der Waals surface area contributed by atoms with E-state index in [0.717, 1.165) is 12.0 Å². The molecule has 0 bridgehead atoms. The Morgan fingerprint density at radius 2 is 1.71 bits per heavy atom. The predicted molar refractivity (Wildman–Crippen MR) is 109 cm³/mol. The van der Waals surface area contributed by atoms with Gasteiger partial charge < -0.3 is 15.0 Å². The number of methoxy groups -OCH3 is 1. The first-order valence-corrected chi connectivity index (χ1v) is 9.80. The fourth-order valence-corrected chi connectivity index (χ4v) is 3.76. The van der Waals surface area contributed by atoms with Crippen molar-refractivity contribution in [2.24, 2.45) is 5.92 Å². The van der Waals surface area contributed by atoms with E-state index in [2.05, 4.69) is 17.4 Å². The second-order valence-corrected chi connectivity index (χ2v) is 7.29. The van der Waals surface area contributed by atoms with Crippen molar-refractivity contribution in [2.75, 3.05) is 33.4 Å². The Kier molecular flexibility index (Phi) is 7.20. The number of carbonyl (C=O) groups excluding carboxylic acids is 2. The van der Waals surface area contributed by atoms with Crippen molar-refractivity contribution in [3.8, 4) is 0 Å². The third kappa shape index (κ3) is 5.42. The summed E-state index contributed by atoms with van der Waals surface area (Å²) in [5.41, 5.74) is 2.17. The van der Waals surface area contributed by atoms with Gasteiger partial charge >= 0.3 is 0 Å². The van der Waals surface area contributed by atoms with Crippen LogP contribution in [0.15, 0.2) is 60.7 Å². The van der Waals surface area contributed by atoms with Crippen molar-refractivity contribution in [1.29, 1.82) is 0 Å². The van der Waals surface area contributed by atoms with Gasteiger partial charge in [-0.2, -0.15) is 0 Å². The maximum atomic E-state index is 12.9. The zero-order valence-corrected chi connectivity index (χ0v) is 16.3. The van der Waals surface area contributed by atoms with Crippen LogP contribution < -0.4 is 5.32 Å². The summed E-state index contributed by atoms with van der Waals surface area (Å²) in [4.78, 5) is 27.5. The van der Waals surface area contributed by atoms with Gasteiger partial charge in [-0.05, 0) is 17.5 Å². The van der Waals surface area contributed by atoms with E-state index in [0.29, 0.717) is 32.7 Å². The lowest BCUT2D eigenvalue weighted by atomic mass is 9.84. The minimum absolute atomic E-state index is 0.00445. The standard InChI is InChI=1S/C23H28N2O3/c1-28-13-12-24-23(27)21-15-20(19-10-6-3-7-11-19)16-25(17-21)22(26)14-18-8-4-2-5-9-18/h2-11,20-21H,12-17H2,1H3,(H,24,27)/t20-,21+/m1/s1. The van der Waals surface area contributed by atoms with E-state index in [1.54, 1.807) is 7.11 Å². The van der Waals surface area contributed by atoms with Crippen molar-refractivity contribution in [1.82, 2.24) is 10.2 Å². The maximum absolute atomic E-state index is 12.9. The number of nitrogens with one attached hydrogen (secondary N) is 1. The van der Waals surface area contributed by atoms with Gasteiger partial charge in [0, 0.05) is 32.7 Å². The van der Waals surface area contributed by atoms with E-state index in [-0.39, 0.29) is 23.7 Å². The average molecular weight is 380 g/mol. The molecule has 5 heteroatoms. The molecule has 0 aromatic heterocycles. The topological polar surface area (TPSA) is 58.6 Å². The predicted octanol–water partition coefficient (Wildman–Crippen LogP) is 2.62. The normalized spacial score (nSPS) is 19.2. The molecule has 0 unspecified atom stereocenters. The van der Waals surface area contributed by atoms with Crippen molar-refractivity contribution in [2.45, 2.75) is 18.8 Å². The second kappa shape index (κ2) is 10.0. The van der Waals surface area contributed by atoms with Crippen LogP contribution >= 0.6 is 0 Å². The number of amides is 2. The van der Waals surface area contributed by atoms with Gasteiger partial charge in [-0.1, -0.05) is 60.7 Å². The third-order valence-electron chi connectivity index (χ3n) is 5.25. The summed E-state index contributed by atoms with van der Waals surface area (Å²) in [6, 6.07) is 19.9. The zero-order valence-electron chi connectivity index (χ0n) is 16.3. The van der Waals surface area contributed by atoms with Gasteiger partial charge in [0.25, 0.3) is 0 Å². The lowest BCUT2D eigenvalue weighted by Crippen LogP contribution is -2.48. The van der Waals surface area contributed by atoms with E-state index in [4.69, 9.17) is 4.74 Å².